The second-order valence-electron chi connectivity index (χ2n) is 9.78. The predicted octanol–water partition coefficient (Wildman–Crippen LogP) is 2.80. The van der Waals surface area contributed by atoms with Gasteiger partial charge in [0.25, 0.3) is 15.9 Å². The zero-order valence-electron chi connectivity index (χ0n) is 21.5. The van der Waals surface area contributed by atoms with Crippen molar-refractivity contribution in [3.8, 4) is 0 Å². The highest BCUT2D eigenvalue weighted by Gasteiger charge is 2.40. The normalized spacial score (nSPS) is 19.6. The standard InChI is InChI=1S/C24H29ClN6O4S3/c1-27(2)21(32)11-17-12-30(24(33)23-26-18-13-28(3)29(4)14-20(18)37-23)7-8-31(17)38(34,35)22-9-15-5-6-16(25)10-19(15)36-22/h5-6,9-10,17H,7-8,11-14H2,1-4H3. The molecule has 4 heterocycles. The number of hydrogen-bond acceptors (Lipinski definition) is 9. The minimum atomic E-state index is -3.91. The summed E-state index contributed by atoms with van der Waals surface area (Å²) in [5.74, 6) is -0.436. The van der Waals surface area contributed by atoms with Gasteiger partial charge in [-0.3, -0.25) is 9.59 Å². The zero-order chi connectivity index (χ0) is 27.4. The fraction of sp³-hybridized carbons (Fsp3) is 0.458. The molecule has 10 nitrogen and oxygen atoms in total. The second-order valence-corrected chi connectivity index (χ2v) is 14.5. The zero-order valence-corrected chi connectivity index (χ0v) is 24.8. The van der Waals surface area contributed by atoms with Gasteiger partial charge in [0.05, 0.1) is 18.3 Å². The second kappa shape index (κ2) is 10.5. The summed E-state index contributed by atoms with van der Waals surface area (Å²) in [6.07, 6.45) is -0.0311. The van der Waals surface area contributed by atoms with Gasteiger partial charge in [-0.15, -0.1) is 22.7 Å². The summed E-state index contributed by atoms with van der Waals surface area (Å²) < 4.78 is 29.9. The van der Waals surface area contributed by atoms with E-state index in [1.807, 2.05) is 19.1 Å². The lowest BCUT2D eigenvalue weighted by Gasteiger charge is -2.40. The Morgan fingerprint density at radius 1 is 1.11 bits per heavy atom. The number of hydrogen-bond donors (Lipinski definition) is 0. The summed E-state index contributed by atoms with van der Waals surface area (Å²) in [6, 6.07) is 6.20. The maximum atomic E-state index is 13.8. The Kier molecular flexibility index (Phi) is 7.55. The molecule has 2 aliphatic heterocycles. The van der Waals surface area contributed by atoms with Crippen LogP contribution in [0.4, 0.5) is 0 Å². The van der Waals surface area contributed by atoms with Crippen LogP contribution in [0.3, 0.4) is 0 Å². The van der Waals surface area contributed by atoms with Crippen LogP contribution < -0.4 is 0 Å². The van der Waals surface area contributed by atoms with Gasteiger partial charge in [-0.05, 0) is 23.6 Å². The fourth-order valence-electron chi connectivity index (χ4n) is 4.64. The lowest BCUT2D eigenvalue weighted by molar-refractivity contribution is -0.129. The number of hydrazine groups is 1. The van der Waals surface area contributed by atoms with E-state index in [0.29, 0.717) is 23.1 Å². The molecule has 1 saturated heterocycles. The summed E-state index contributed by atoms with van der Waals surface area (Å²) in [7, 11) is 3.32. The van der Waals surface area contributed by atoms with Crippen molar-refractivity contribution >= 4 is 66.2 Å². The van der Waals surface area contributed by atoms with E-state index in [2.05, 4.69) is 9.99 Å². The largest absolute Gasteiger partial charge is 0.349 e. The number of benzene rings is 1. The van der Waals surface area contributed by atoms with Crippen LogP contribution in [0.25, 0.3) is 10.1 Å². The first-order valence-electron chi connectivity index (χ1n) is 12.0. The minimum absolute atomic E-state index is 0.0311. The Hall–Kier alpha value is -2.13. The SMILES string of the molecule is CN(C)C(=O)CC1CN(C(=O)c2nc3c(s2)CN(C)N(C)C3)CCN1S(=O)(=O)c1cc2ccc(Cl)cc2s1. The van der Waals surface area contributed by atoms with E-state index in [0.717, 1.165) is 32.0 Å². The number of carbonyl (C=O) groups is 2. The average molecular weight is 597 g/mol. The van der Waals surface area contributed by atoms with E-state index in [1.165, 1.54) is 20.5 Å². The molecule has 2 amide bonds. The molecular weight excluding hydrogens is 568 g/mol. The third-order valence-corrected chi connectivity index (χ3v) is 11.7. The molecule has 0 saturated carbocycles. The smallest absolute Gasteiger partial charge is 0.282 e. The molecule has 204 valence electrons. The molecule has 0 radical (unpaired) electrons. The highest BCUT2D eigenvalue weighted by atomic mass is 35.5. The van der Waals surface area contributed by atoms with E-state index >= 15 is 0 Å². The van der Waals surface area contributed by atoms with Crippen LogP contribution in [0.2, 0.25) is 5.02 Å². The molecule has 0 spiro atoms. The number of amides is 2. The van der Waals surface area contributed by atoms with Gasteiger partial charge in [0.15, 0.2) is 5.01 Å². The Balaban J connectivity index is 1.41. The number of carbonyl (C=O) groups excluding carboxylic acids is 2. The quantitative estimate of drug-likeness (QED) is 0.447. The van der Waals surface area contributed by atoms with Crippen LogP contribution in [-0.2, 0) is 27.9 Å². The van der Waals surface area contributed by atoms with Crippen molar-refractivity contribution < 1.29 is 18.0 Å². The molecule has 3 aromatic rings. The van der Waals surface area contributed by atoms with Gasteiger partial charge < -0.3 is 9.80 Å². The third kappa shape index (κ3) is 5.20. The molecule has 0 N–H and O–H groups in total. The van der Waals surface area contributed by atoms with Crippen molar-refractivity contribution in [1.82, 2.24) is 29.1 Å². The van der Waals surface area contributed by atoms with Crippen LogP contribution >= 0.6 is 34.3 Å². The predicted molar refractivity (Wildman–Crippen MR) is 149 cm³/mol. The van der Waals surface area contributed by atoms with E-state index in [9.17, 15) is 18.0 Å². The van der Waals surface area contributed by atoms with Crippen LogP contribution in [0, 0.1) is 0 Å². The number of aromatic nitrogens is 1. The lowest BCUT2D eigenvalue weighted by Crippen LogP contribution is -2.57. The van der Waals surface area contributed by atoms with Crippen LogP contribution in [0.5, 0.6) is 0 Å². The summed E-state index contributed by atoms with van der Waals surface area (Å²) in [6.45, 7) is 1.72. The van der Waals surface area contributed by atoms with Crippen LogP contribution in [0.1, 0.15) is 26.8 Å². The number of thiophene rings is 1. The van der Waals surface area contributed by atoms with Gasteiger partial charge in [-0.1, -0.05) is 17.7 Å². The summed E-state index contributed by atoms with van der Waals surface area (Å²) in [5.41, 5.74) is 0.893. The molecular formula is C24H29ClN6O4S3. The number of halogens is 1. The molecule has 14 heteroatoms. The Morgan fingerprint density at radius 2 is 1.84 bits per heavy atom. The number of thiazole rings is 1. The number of nitrogens with zero attached hydrogens (tertiary/aromatic N) is 6. The Bertz CT molecular complexity index is 1480. The van der Waals surface area contributed by atoms with Crippen molar-refractivity contribution in [3.63, 3.8) is 0 Å². The van der Waals surface area contributed by atoms with Crippen molar-refractivity contribution in [2.45, 2.75) is 29.8 Å². The highest BCUT2D eigenvalue weighted by molar-refractivity contribution is 7.91. The average Bonchev–Trinajstić information content (AvgIpc) is 3.47. The first kappa shape index (κ1) is 27.4. The maximum Gasteiger partial charge on any atom is 0.282 e. The minimum Gasteiger partial charge on any atom is -0.349 e. The van der Waals surface area contributed by atoms with Crippen molar-refractivity contribution in [1.29, 1.82) is 0 Å². The van der Waals surface area contributed by atoms with Crippen molar-refractivity contribution in [2.75, 3.05) is 47.8 Å². The summed E-state index contributed by atoms with van der Waals surface area (Å²) in [4.78, 5) is 34.9. The Morgan fingerprint density at radius 3 is 2.58 bits per heavy atom. The molecule has 1 aromatic carbocycles. The Labute approximate surface area is 235 Å². The molecule has 2 aromatic heterocycles. The van der Waals surface area contributed by atoms with Gasteiger partial charge in [-0.2, -0.15) is 4.31 Å². The van der Waals surface area contributed by atoms with Crippen molar-refractivity contribution in [2.24, 2.45) is 0 Å². The number of sulfonamides is 1. The van der Waals surface area contributed by atoms with Crippen LogP contribution in [-0.4, -0.2) is 103 Å². The summed E-state index contributed by atoms with van der Waals surface area (Å²) in [5, 5.41) is 5.84. The van der Waals surface area contributed by atoms with Gasteiger partial charge in [0.2, 0.25) is 5.91 Å². The molecule has 5 rings (SSSR count). The van der Waals surface area contributed by atoms with E-state index in [1.54, 1.807) is 43.3 Å². The molecule has 1 fully saturated rings. The van der Waals surface area contributed by atoms with E-state index in [4.69, 9.17) is 11.6 Å². The molecule has 2 aliphatic rings. The monoisotopic (exact) mass is 596 g/mol. The van der Waals surface area contributed by atoms with E-state index < -0.39 is 16.1 Å². The maximum absolute atomic E-state index is 13.8. The number of fused-ring (bicyclic) bond motifs is 2. The van der Waals surface area contributed by atoms with Gasteiger partial charge >= 0.3 is 0 Å². The first-order valence-corrected chi connectivity index (χ1v) is 15.5. The molecule has 1 atom stereocenters. The van der Waals surface area contributed by atoms with Crippen molar-refractivity contribution in [3.05, 3.63) is 44.9 Å². The molecule has 1 unspecified atom stereocenters. The van der Waals surface area contributed by atoms with Crippen LogP contribution in [0.15, 0.2) is 28.5 Å². The van der Waals surface area contributed by atoms with Gasteiger partial charge in [0.1, 0.15) is 4.21 Å². The molecule has 0 bridgehead atoms. The fourth-order valence-corrected chi connectivity index (χ4v) is 9.13. The molecule has 38 heavy (non-hydrogen) atoms. The molecule has 0 aliphatic carbocycles. The lowest BCUT2D eigenvalue weighted by atomic mass is 10.1. The van der Waals surface area contributed by atoms with Gasteiger partial charge in [-0.25, -0.2) is 23.4 Å². The number of rotatable bonds is 5. The summed E-state index contributed by atoms with van der Waals surface area (Å²) >= 11 is 8.64. The third-order valence-electron chi connectivity index (χ3n) is 6.94. The first-order chi connectivity index (χ1) is 17.9. The van der Waals surface area contributed by atoms with E-state index in [-0.39, 0.29) is 42.1 Å². The highest BCUT2D eigenvalue weighted by Crippen LogP contribution is 2.35. The topological polar surface area (TPSA) is 97.4 Å². The van der Waals surface area contributed by atoms with Gasteiger partial charge in [0, 0.05) is 75.4 Å². The number of piperazine rings is 1.